The van der Waals surface area contributed by atoms with E-state index in [1.54, 1.807) is 7.11 Å². The third kappa shape index (κ3) is 2.87. The summed E-state index contributed by atoms with van der Waals surface area (Å²) in [7, 11) is 1.68. The van der Waals surface area contributed by atoms with Crippen LogP contribution in [0.5, 0.6) is 0 Å². The van der Waals surface area contributed by atoms with Crippen LogP contribution >= 0.6 is 0 Å². The molecule has 0 N–H and O–H groups in total. The number of carbonyl (C=O) groups excluding carboxylic acids is 1. The van der Waals surface area contributed by atoms with Crippen molar-refractivity contribution >= 4 is 5.91 Å². The fraction of sp³-hybridized carbons (Fsp3) is 0.292. The average molecular weight is 359 g/mol. The zero-order chi connectivity index (χ0) is 19.0. The molecule has 3 atom stereocenters. The van der Waals surface area contributed by atoms with Crippen molar-refractivity contribution in [3.8, 4) is 0 Å². The Morgan fingerprint density at radius 3 is 2.22 bits per heavy atom. The van der Waals surface area contributed by atoms with Gasteiger partial charge in [0, 0.05) is 5.92 Å². The van der Waals surface area contributed by atoms with Crippen LogP contribution in [-0.2, 0) is 15.1 Å². The van der Waals surface area contributed by atoms with Crippen molar-refractivity contribution in [2.75, 3.05) is 7.11 Å². The second-order valence-electron chi connectivity index (χ2n) is 7.72. The van der Waals surface area contributed by atoms with Crippen LogP contribution in [-0.4, -0.2) is 17.9 Å². The molecule has 1 fully saturated rings. The molecule has 27 heavy (non-hydrogen) atoms. The third-order valence-electron chi connectivity index (χ3n) is 5.86. The summed E-state index contributed by atoms with van der Waals surface area (Å²) < 4.78 is 5.47. The Bertz CT molecular complexity index is 883. The van der Waals surface area contributed by atoms with Crippen LogP contribution in [0.1, 0.15) is 31.0 Å². The quantitative estimate of drug-likeness (QED) is 0.782. The van der Waals surface area contributed by atoms with Crippen molar-refractivity contribution in [2.45, 2.75) is 25.4 Å². The molecular weight excluding hydrogens is 334 g/mol. The third-order valence-corrected chi connectivity index (χ3v) is 5.86. The SMILES string of the molecule is COC1=C[C@@H]2[C@H](C=C1)C(=O)N(C(C)(C)c1ccccc1)[C@H]2c1ccccc1. The van der Waals surface area contributed by atoms with Gasteiger partial charge < -0.3 is 9.64 Å². The number of nitrogens with zero attached hydrogens (tertiary/aromatic N) is 1. The van der Waals surface area contributed by atoms with Crippen molar-refractivity contribution in [3.05, 3.63) is 95.8 Å². The van der Waals surface area contributed by atoms with Gasteiger partial charge in [0.1, 0.15) is 5.76 Å². The first-order valence-corrected chi connectivity index (χ1v) is 9.41. The molecule has 1 aliphatic carbocycles. The molecule has 138 valence electrons. The summed E-state index contributed by atoms with van der Waals surface area (Å²) >= 11 is 0. The van der Waals surface area contributed by atoms with Crippen molar-refractivity contribution in [1.29, 1.82) is 0 Å². The van der Waals surface area contributed by atoms with E-state index >= 15 is 0 Å². The van der Waals surface area contributed by atoms with Gasteiger partial charge in [0.25, 0.3) is 0 Å². The number of carbonyl (C=O) groups is 1. The van der Waals surface area contributed by atoms with Crippen molar-refractivity contribution in [3.63, 3.8) is 0 Å². The summed E-state index contributed by atoms with van der Waals surface area (Å²) in [5, 5.41) is 0. The number of amides is 1. The molecule has 0 radical (unpaired) electrons. The number of hydrogen-bond donors (Lipinski definition) is 0. The minimum Gasteiger partial charge on any atom is -0.497 e. The number of methoxy groups -OCH3 is 1. The van der Waals surface area contributed by atoms with Gasteiger partial charge in [0.2, 0.25) is 5.91 Å². The molecule has 1 heterocycles. The van der Waals surface area contributed by atoms with E-state index in [2.05, 4.69) is 49.1 Å². The van der Waals surface area contributed by atoms with Crippen molar-refractivity contribution in [1.82, 2.24) is 4.90 Å². The van der Waals surface area contributed by atoms with Gasteiger partial charge in [-0.1, -0.05) is 66.7 Å². The van der Waals surface area contributed by atoms with Gasteiger partial charge >= 0.3 is 0 Å². The molecule has 2 aliphatic rings. The maximum Gasteiger partial charge on any atom is 0.231 e. The number of allylic oxidation sites excluding steroid dienone is 1. The van der Waals surface area contributed by atoms with E-state index in [0.717, 1.165) is 16.9 Å². The predicted molar refractivity (Wildman–Crippen MR) is 107 cm³/mol. The predicted octanol–water partition coefficient (Wildman–Crippen LogP) is 4.84. The van der Waals surface area contributed by atoms with Crippen LogP contribution in [0.15, 0.2) is 84.7 Å². The molecule has 3 heteroatoms. The Morgan fingerprint density at radius 1 is 0.963 bits per heavy atom. The molecule has 1 aliphatic heterocycles. The first-order valence-electron chi connectivity index (χ1n) is 9.41. The minimum absolute atomic E-state index is 0.0333. The second-order valence-corrected chi connectivity index (χ2v) is 7.72. The molecule has 0 aromatic heterocycles. The van der Waals surface area contributed by atoms with E-state index in [0.29, 0.717) is 0 Å². The Balaban J connectivity index is 1.85. The first-order chi connectivity index (χ1) is 13.0. The van der Waals surface area contributed by atoms with E-state index in [1.807, 2.05) is 48.6 Å². The number of hydrogen-bond acceptors (Lipinski definition) is 2. The highest BCUT2D eigenvalue weighted by Gasteiger charge is 2.52. The molecule has 0 spiro atoms. The number of rotatable bonds is 4. The summed E-state index contributed by atoms with van der Waals surface area (Å²) in [5.41, 5.74) is 1.87. The fourth-order valence-electron chi connectivity index (χ4n) is 4.45. The monoisotopic (exact) mass is 359 g/mol. The Kier molecular flexibility index (Phi) is 4.39. The zero-order valence-electron chi connectivity index (χ0n) is 16.0. The van der Waals surface area contributed by atoms with Gasteiger partial charge in [-0.2, -0.15) is 0 Å². The first kappa shape index (κ1) is 17.6. The highest BCUT2D eigenvalue weighted by molar-refractivity contribution is 5.86. The molecule has 1 saturated heterocycles. The highest BCUT2D eigenvalue weighted by atomic mass is 16.5. The maximum absolute atomic E-state index is 13.5. The normalized spacial score (nSPS) is 24.6. The Labute approximate surface area is 161 Å². The number of benzene rings is 2. The summed E-state index contributed by atoms with van der Waals surface area (Å²) in [6.45, 7) is 4.27. The number of likely N-dealkylation sites (tertiary alicyclic amines) is 1. The molecule has 0 unspecified atom stereocenters. The van der Waals surface area contributed by atoms with Crippen LogP contribution in [0.2, 0.25) is 0 Å². The smallest absolute Gasteiger partial charge is 0.231 e. The Morgan fingerprint density at radius 2 is 1.59 bits per heavy atom. The van der Waals surface area contributed by atoms with E-state index in [9.17, 15) is 4.79 Å². The molecular formula is C24H25NO2. The van der Waals surface area contributed by atoms with E-state index in [1.165, 1.54) is 0 Å². The molecule has 2 aromatic carbocycles. The zero-order valence-corrected chi connectivity index (χ0v) is 16.0. The standard InChI is InChI=1S/C24H25NO2/c1-24(2,18-12-8-5-9-13-18)25-22(17-10-6-4-7-11-17)21-16-19(27-3)14-15-20(21)23(25)26/h4-16,20-22H,1-3H3/t20-,21+,22-/m0/s1. The summed E-state index contributed by atoms with van der Waals surface area (Å²) in [4.78, 5) is 15.6. The van der Waals surface area contributed by atoms with Gasteiger partial charge in [-0.3, -0.25) is 4.79 Å². The minimum atomic E-state index is -0.425. The molecule has 3 nitrogen and oxygen atoms in total. The lowest BCUT2D eigenvalue weighted by Gasteiger charge is -2.41. The second kappa shape index (κ2) is 6.73. The lowest BCUT2D eigenvalue weighted by molar-refractivity contribution is -0.136. The van der Waals surface area contributed by atoms with Gasteiger partial charge in [0.05, 0.1) is 24.6 Å². The molecule has 0 saturated carbocycles. The van der Waals surface area contributed by atoms with Crippen molar-refractivity contribution < 1.29 is 9.53 Å². The van der Waals surface area contributed by atoms with Gasteiger partial charge in [-0.05, 0) is 37.1 Å². The number of ether oxygens (including phenoxy) is 1. The maximum atomic E-state index is 13.5. The van der Waals surface area contributed by atoms with E-state index in [-0.39, 0.29) is 23.8 Å². The average Bonchev–Trinajstić information content (AvgIpc) is 3.02. The fourth-order valence-corrected chi connectivity index (χ4v) is 4.45. The van der Waals surface area contributed by atoms with E-state index < -0.39 is 5.54 Å². The van der Waals surface area contributed by atoms with Crippen LogP contribution < -0.4 is 0 Å². The van der Waals surface area contributed by atoms with Gasteiger partial charge in [-0.15, -0.1) is 0 Å². The topological polar surface area (TPSA) is 29.5 Å². The van der Waals surface area contributed by atoms with Crippen LogP contribution in [0.25, 0.3) is 0 Å². The van der Waals surface area contributed by atoms with Gasteiger partial charge in [-0.25, -0.2) is 0 Å². The largest absolute Gasteiger partial charge is 0.497 e. The number of fused-ring (bicyclic) bond motifs is 1. The lowest BCUT2D eigenvalue weighted by Crippen LogP contribution is -2.44. The van der Waals surface area contributed by atoms with Crippen LogP contribution in [0, 0.1) is 11.8 Å². The molecule has 1 amide bonds. The van der Waals surface area contributed by atoms with Crippen LogP contribution in [0.4, 0.5) is 0 Å². The van der Waals surface area contributed by atoms with E-state index in [4.69, 9.17) is 4.74 Å². The van der Waals surface area contributed by atoms with Gasteiger partial charge in [0.15, 0.2) is 0 Å². The highest BCUT2D eigenvalue weighted by Crippen LogP contribution is 2.50. The molecule has 2 aromatic rings. The van der Waals surface area contributed by atoms with Crippen molar-refractivity contribution in [2.24, 2.45) is 11.8 Å². The lowest BCUT2D eigenvalue weighted by atomic mass is 9.82. The van der Waals surface area contributed by atoms with Crippen LogP contribution in [0.3, 0.4) is 0 Å². The summed E-state index contributed by atoms with van der Waals surface area (Å²) in [6, 6.07) is 20.6. The molecule has 4 rings (SSSR count). The Hall–Kier alpha value is -2.81. The summed E-state index contributed by atoms with van der Waals surface area (Å²) in [5.74, 6) is 0.898. The summed E-state index contributed by atoms with van der Waals surface area (Å²) in [6.07, 6.45) is 6.03. The molecule has 0 bridgehead atoms.